The summed E-state index contributed by atoms with van der Waals surface area (Å²) in [6.07, 6.45) is -11.4. The molecule has 12 heteroatoms. The number of rotatable bonds is 9. The van der Waals surface area contributed by atoms with Gasteiger partial charge in [0.15, 0.2) is 5.54 Å². The van der Waals surface area contributed by atoms with Crippen LogP contribution in [0.5, 0.6) is 5.75 Å². The maximum absolute atomic E-state index is 14.7. The lowest BCUT2D eigenvalue weighted by Crippen LogP contribution is -2.59. The lowest BCUT2D eigenvalue weighted by molar-refractivity contribution is -0.201. The second-order valence-electron chi connectivity index (χ2n) is 8.71. The highest BCUT2D eigenvalue weighted by atomic mass is 32.2. The van der Waals surface area contributed by atoms with Crippen LogP contribution in [0.15, 0.2) is 54.1 Å². The minimum absolute atomic E-state index is 0.0623. The fraction of sp³-hybridized carbons (Fsp3) is 0.385. The molecule has 38 heavy (non-hydrogen) atoms. The van der Waals surface area contributed by atoms with Crippen molar-refractivity contribution < 1.29 is 40.7 Å². The maximum Gasteiger partial charge on any atom is 0.416 e. The number of nitrogens with one attached hydrogen (secondary N) is 2. The Balaban J connectivity index is 2.00. The topological polar surface area (TPSA) is 67.4 Å². The number of hydrogen-bond donors (Lipinski definition) is 2. The Kier molecular flexibility index (Phi) is 9.06. The Morgan fingerprint density at radius 3 is 2.24 bits per heavy atom. The zero-order chi connectivity index (χ0) is 28.1. The van der Waals surface area contributed by atoms with Crippen molar-refractivity contribution in [3.63, 3.8) is 0 Å². The molecule has 2 aromatic rings. The molecule has 1 atom stereocenters. The molecule has 2 aromatic carbocycles. The highest BCUT2D eigenvalue weighted by Crippen LogP contribution is 2.48. The molecular formula is C26H26F6N2O3S. The predicted molar refractivity (Wildman–Crippen MR) is 132 cm³/mol. The molecule has 0 aromatic heterocycles. The molecule has 2 N–H and O–H groups in total. The molecule has 0 saturated heterocycles. The van der Waals surface area contributed by atoms with E-state index in [0.717, 1.165) is 29.6 Å². The number of halogens is 6. The standard InChI is InChI=1S/C26H26F6N2O3S/c1-3-38-34-23(36)21-20(17-7-5-16(2)6-8-17)15-24(26(30,31)32,33-22(21)35)18-9-11-19(12-10-18)37-14-4-13-25(27,28)29/h5-12H,3-4,13-15H2,1-2H3,(H,33,35)(H,34,36)/t24-/m0/s1. The van der Waals surface area contributed by atoms with Gasteiger partial charge in [-0.1, -0.05) is 60.8 Å². The number of hydrogen-bond acceptors (Lipinski definition) is 4. The van der Waals surface area contributed by atoms with Crippen LogP contribution in [0, 0.1) is 6.92 Å². The Hall–Kier alpha value is -3.15. The van der Waals surface area contributed by atoms with Gasteiger partial charge in [0.2, 0.25) is 0 Å². The molecule has 0 saturated carbocycles. The predicted octanol–water partition coefficient (Wildman–Crippen LogP) is 6.23. The molecule has 0 fully saturated rings. The average Bonchev–Trinajstić information content (AvgIpc) is 2.84. The van der Waals surface area contributed by atoms with Gasteiger partial charge < -0.3 is 10.1 Å². The van der Waals surface area contributed by atoms with Crippen molar-refractivity contribution in [2.45, 2.75) is 51.0 Å². The molecule has 0 bridgehead atoms. The fourth-order valence-corrected chi connectivity index (χ4v) is 4.41. The molecule has 1 heterocycles. The third-order valence-electron chi connectivity index (χ3n) is 5.94. The summed E-state index contributed by atoms with van der Waals surface area (Å²) in [7, 11) is 0. The molecular weight excluding hydrogens is 534 g/mol. The minimum Gasteiger partial charge on any atom is -0.494 e. The van der Waals surface area contributed by atoms with Gasteiger partial charge in [-0.25, -0.2) is 0 Å². The largest absolute Gasteiger partial charge is 0.494 e. The summed E-state index contributed by atoms with van der Waals surface area (Å²) in [6.45, 7) is 3.29. The van der Waals surface area contributed by atoms with Crippen molar-refractivity contribution >= 4 is 29.3 Å². The van der Waals surface area contributed by atoms with E-state index in [1.54, 1.807) is 38.1 Å². The van der Waals surface area contributed by atoms with Crippen LogP contribution in [0.1, 0.15) is 42.9 Å². The van der Waals surface area contributed by atoms with E-state index in [2.05, 4.69) is 4.72 Å². The molecule has 0 aliphatic carbocycles. The van der Waals surface area contributed by atoms with Crippen molar-refractivity contribution in [3.05, 3.63) is 70.8 Å². The highest BCUT2D eigenvalue weighted by Gasteiger charge is 2.60. The lowest BCUT2D eigenvalue weighted by atomic mass is 9.76. The number of carbonyl (C=O) groups is 2. The van der Waals surface area contributed by atoms with Crippen molar-refractivity contribution in [3.8, 4) is 5.75 Å². The molecule has 5 nitrogen and oxygen atoms in total. The zero-order valence-corrected chi connectivity index (χ0v) is 21.4. The fourth-order valence-electron chi connectivity index (χ4n) is 4.03. The van der Waals surface area contributed by atoms with Crippen LogP contribution in [-0.2, 0) is 15.1 Å². The Labute approximate surface area is 220 Å². The summed E-state index contributed by atoms with van der Waals surface area (Å²) in [5.41, 5.74) is -2.49. The smallest absolute Gasteiger partial charge is 0.416 e. The Bertz CT molecular complexity index is 1180. The molecule has 0 radical (unpaired) electrons. The quantitative estimate of drug-likeness (QED) is 0.165. The molecule has 3 rings (SSSR count). The lowest BCUT2D eigenvalue weighted by Gasteiger charge is -2.41. The van der Waals surface area contributed by atoms with Crippen LogP contribution in [0.2, 0.25) is 0 Å². The van der Waals surface area contributed by atoms with Gasteiger partial charge in [0.1, 0.15) is 11.3 Å². The van der Waals surface area contributed by atoms with Crippen LogP contribution in [-0.4, -0.2) is 36.5 Å². The number of aryl methyl sites for hydroxylation is 1. The van der Waals surface area contributed by atoms with Crippen molar-refractivity contribution in [2.24, 2.45) is 0 Å². The summed E-state index contributed by atoms with van der Waals surface area (Å²) >= 11 is 1.01. The number of amides is 2. The Morgan fingerprint density at radius 1 is 1.05 bits per heavy atom. The van der Waals surface area contributed by atoms with E-state index in [1.165, 1.54) is 12.1 Å². The summed E-state index contributed by atoms with van der Waals surface area (Å²) in [5.74, 6) is -1.41. The van der Waals surface area contributed by atoms with Gasteiger partial charge in [-0.3, -0.25) is 14.3 Å². The zero-order valence-electron chi connectivity index (χ0n) is 20.6. The first-order valence-corrected chi connectivity index (χ1v) is 12.7. The van der Waals surface area contributed by atoms with Gasteiger partial charge in [-0.2, -0.15) is 26.3 Å². The van der Waals surface area contributed by atoms with Gasteiger partial charge >= 0.3 is 12.4 Å². The van der Waals surface area contributed by atoms with E-state index >= 15 is 0 Å². The maximum atomic E-state index is 14.7. The van der Waals surface area contributed by atoms with E-state index in [4.69, 9.17) is 4.74 Å². The average molecular weight is 561 g/mol. The van der Waals surface area contributed by atoms with Crippen molar-refractivity contribution in [1.82, 2.24) is 10.0 Å². The summed E-state index contributed by atoms with van der Waals surface area (Å²) in [5, 5.41) is 2.04. The minimum atomic E-state index is -4.96. The van der Waals surface area contributed by atoms with Gasteiger partial charge in [0, 0.05) is 18.6 Å². The molecule has 1 aliphatic rings. The third kappa shape index (κ3) is 6.83. The van der Waals surface area contributed by atoms with Crippen LogP contribution >= 0.6 is 11.9 Å². The monoisotopic (exact) mass is 560 g/mol. The second kappa shape index (κ2) is 11.7. The third-order valence-corrected chi connectivity index (χ3v) is 6.56. The molecule has 2 amide bonds. The van der Waals surface area contributed by atoms with E-state index < -0.39 is 48.1 Å². The summed E-state index contributed by atoms with van der Waals surface area (Å²) in [6, 6.07) is 11.1. The summed E-state index contributed by atoms with van der Waals surface area (Å²) < 4.78 is 88.8. The second-order valence-corrected chi connectivity index (χ2v) is 9.78. The molecule has 0 spiro atoms. The number of alkyl halides is 6. The molecule has 1 aliphatic heterocycles. The van der Waals surface area contributed by atoms with Gasteiger partial charge in [0.25, 0.3) is 11.8 Å². The summed E-state index contributed by atoms with van der Waals surface area (Å²) in [4.78, 5) is 26.0. The first kappa shape index (κ1) is 29.4. The van der Waals surface area contributed by atoms with E-state index in [-0.39, 0.29) is 29.9 Å². The van der Waals surface area contributed by atoms with E-state index in [1.807, 2.05) is 5.32 Å². The first-order chi connectivity index (χ1) is 17.8. The number of benzene rings is 2. The Morgan fingerprint density at radius 2 is 1.68 bits per heavy atom. The van der Waals surface area contributed by atoms with E-state index in [0.29, 0.717) is 11.3 Å². The molecule has 206 valence electrons. The van der Waals surface area contributed by atoms with Crippen molar-refractivity contribution in [1.29, 1.82) is 0 Å². The SMILES string of the molecule is CCSNC(=O)C1=C(c2ccc(C)cc2)C[C@](c2ccc(OCCCC(F)(F)F)cc2)(C(F)(F)F)NC1=O. The van der Waals surface area contributed by atoms with Gasteiger partial charge in [-0.05, 0) is 42.2 Å². The molecule has 0 unspecified atom stereocenters. The van der Waals surface area contributed by atoms with Gasteiger partial charge in [-0.15, -0.1) is 0 Å². The van der Waals surface area contributed by atoms with Crippen LogP contribution in [0.3, 0.4) is 0 Å². The number of carbonyl (C=O) groups excluding carboxylic acids is 2. The first-order valence-electron chi connectivity index (χ1n) is 11.7. The normalized spacial score (nSPS) is 18.3. The highest BCUT2D eigenvalue weighted by molar-refractivity contribution is 7.97. The van der Waals surface area contributed by atoms with Crippen molar-refractivity contribution in [2.75, 3.05) is 12.4 Å². The van der Waals surface area contributed by atoms with Crippen LogP contribution in [0.25, 0.3) is 5.57 Å². The van der Waals surface area contributed by atoms with Gasteiger partial charge in [0.05, 0.1) is 6.61 Å². The van der Waals surface area contributed by atoms with Crippen LogP contribution < -0.4 is 14.8 Å². The number of ether oxygens (including phenoxy) is 1. The van der Waals surface area contributed by atoms with Crippen LogP contribution in [0.4, 0.5) is 26.3 Å². The van der Waals surface area contributed by atoms with E-state index in [9.17, 15) is 35.9 Å².